The van der Waals surface area contributed by atoms with E-state index in [1.54, 1.807) is 0 Å². The molecule has 0 aliphatic carbocycles. The van der Waals surface area contributed by atoms with Crippen LogP contribution in [-0.2, 0) is 4.79 Å². The van der Waals surface area contributed by atoms with Gasteiger partial charge in [0.15, 0.2) is 5.75 Å². The number of carbonyl (C=O) groups excluding carboxylic acids is 2. The molecule has 1 fully saturated rings. The summed E-state index contributed by atoms with van der Waals surface area (Å²) in [6, 6.07) is 22.4. The molecule has 1 heterocycles. The van der Waals surface area contributed by atoms with Gasteiger partial charge in [-0.05, 0) is 74.7 Å². The van der Waals surface area contributed by atoms with Crippen molar-refractivity contribution in [2.75, 3.05) is 25.0 Å². The molecule has 1 aliphatic heterocycles. The Morgan fingerprint density at radius 2 is 1.56 bits per heavy atom. The number of rotatable bonds is 7. The summed E-state index contributed by atoms with van der Waals surface area (Å²) in [6.45, 7) is 5.62. The smallest absolute Gasteiger partial charge is 0.254 e. The van der Waals surface area contributed by atoms with Gasteiger partial charge in [-0.3, -0.25) is 9.59 Å². The topological polar surface area (TPSA) is 67.9 Å². The van der Waals surface area contributed by atoms with E-state index >= 15 is 0 Å². The highest BCUT2D eigenvalue weighted by Gasteiger charge is 2.28. The number of benzene rings is 3. The van der Waals surface area contributed by atoms with Crippen molar-refractivity contribution >= 4 is 17.5 Å². The SMILES string of the molecule is CCOc1ccc(Oc2ccccc2NC(=O)C2CCN(C(=O)c3ccccc3C)CC2)cc1. The van der Waals surface area contributed by atoms with E-state index < -0.39 is 0 Å². The van der Waals surface area contributed by atoms with E-state index in [0.717, 1.165) is 16.9 Å². The zero-order valence-corrected chi connectivity index (χ0v) is 19.6. The van der Waals surface area contributed by atoms with Crippen molar-refractivity contribution < 1.29 is 19.1 Å². The van der Waals surface area contributed by atoms with Crippen molar-refractivity contribution in [1.82, 2.24) is 4.90 Å². The van der Waals surface area contributed by atoms with Crippen LogP contribution in [0, 0.1) is 12.8 Å². The Hall–Kier alpha value is -3.80. The van der Waals surface area contributed by atoms with E-state index in [4.69, 9.17) is 9.47 Å². The lowest BCUT2D eigenvalue weighted by Crippen LogP contribution is -2.41. The summed E-state index contributed by atoms with van der Waals surface area (Å²) in [5.74, 6) is 1.85. The molecule has 3 aromatic rings. The van der Waals surface area contributed by atoms with Crippen LogP contribution in [-0.4, -0.2) is 36.4 Å². The molecule has 6 nitrogen and oxygen atoms in total. The highest BCUT2D eigenvalue weighted by atomic mass is 16.5. The van der Waals surface area contributed by atoms with Crippen molar-refractivity contribution in [2.45, 2.75) is 26.7 Å². The fourth-order valence-corrected chi connectivity index (χ4v) is 4.12. The van der Waals surface area contributed by atoms with Gasteiger partial charge in [0, 0.05) is 24.6 Å². The molecule has 0 saturated carbocycles. The van der Waals surface area contributed by atoms with Crippen LogP contribution in [0.5, 0.6) is 17.2 Å². The molecule has 0 unspecified atom stereocenters. The van der Waals surface area contributed by atoms with Crippen LogP contribution in [0.3, 0.4) is 0 Å². The van der Waals surface area contributed by atoms with Crippen molar-refractivity contribution in [3.8, 4) is 17.2 Å². The fourth-order valence-electron chi connectivity index (χ4n) is 4.12. The van der Waals surface area contributed by atoms with Gasteiger partial charge in [-0.1, -0.05) is 30.3 Å². The van der Waals surface area contributed by atoms with Gasteiger partial charge in [-0.15, -0.1) is 0 Å². The van der Waals surface area contributed by atoms with E-state index in [0.29, 0.717) is 49.7 Å². The van der Waals surface area contributed by atoms with Crippen LogP contribution in [0.1, 0.15) is 35.7 Å². The number of hydrogen-bond acceptors (Lipinski definition) is 4. The Bertz CT molecular complexity index is 1140. The van der Waals surface area contributed by atoms with E-state index in [2.05, 4.69) is 5.32 Å². The number of nitrogens with one attached hydrogen (secondary N) is 1. The lowest BCUT2D eigenvalue weighted by atomic mass is 9.95. The van der Waals surface area contributed by atoms with Gasteiger partial charge >= 0.3 is 0 Å². The molecule has 0 aromatic heterocycles. The van der Waals surface area contributed by atoms with Gasteiger partial charge in [-0.25, -0.2) is 0 Å². The standard InChI is InChI=1S/C28H30N2O4/c1-3-33-22-12-14-23(15-13-22)34-26-11-7-6-10-25(26)29-27(31)21-16-18-30(19-17-21)28(32)24-9-5-4-8-20(24)2/h4-15,21H,3,16-19H2,1-2H3,(H,29,31). The number of likely N-dealkylation sites (tertiary alicyclic amines) is 1. The zero-order chi connectivity index (χ0) is 23.9. The van der Waals surface area contributed by atoms with Gasteiger partial charge in [-0.2, -0.15) is 0 Å². The molecule has 0 bridgehead atoms. The fraction of sp³-hybridized carbons (Fsp3) is 0.286. The van der Waals surface area contributed by atoms with Crippen molar-refractivity contribution in [2.24, 2.45) is 5.92 Å². The number of anilines is 1. The van der Waals surface area contributed by atoms with E-state index in [1.165, 1.54) is 0 Å². The molecule has 1 N–H and O–H groups in total. The van der Waals surface area contributed by atoms with Crippen molar-refractivity contribution in [3.63, 3.8) is 0 Å². The van der Waals surface area contributed by atoms with Gasteiger partial charge in [0.1, 0.15) is 11.5 Å². The summed E-state index contributed by atoms with van der Waals surface area (Å²) in [5, 5.41) is 3.02. The molecule has 1 aliphatic rings. The van der Waals surface area contributed by atoms with Crippen LogP contribution in [0.4, 0.5) is 5.69 Å². The van der Waals surface area contributed by atoms with E-state index in [1.807, 2.05) is 91.5 Å². The first-order valence-electron chi connectivity index (χ1n) is 11.7. The summed E-state index contributed by atoms with van der Waals surface area (Å²) < 4.78 is 11.5. The normalized spacial score (nSPS) is 13.9. The Morgan fingerprint density at radius 1 is 0.912 bits per heavy atom. The molecule has 6 heteroatoms. The minimum Gasteiger partial charge on any atom is -0.494 e. The molecule has 3 aromatic carbocycles. The largest absolute Gasteiger partial charge is 0.494 e. The quantitative estimate of drug-likeness (QED) is 0.495. The third-order valence-corrected chi connectivity index (χ3v) is 6.04. The lowest BCUT2D eigenvalue weighted by molar-refractivity contribution is -0.121. The molecule has 0 atom stereocenters. The summed E-state index contributed by atoms with van der Waals surface area (Å²) in [6.07, 6.45) is 1.26. The average molecular weight is 459 g/mol. The number of aryl methyl sites for hydroxylation is 1. The van der Waals surface area contributed by atoms with Crippen LogP contribution >= 0.6 is 0 Å². The van der Waals surface area contributed by atoms with Crippen LogP contribution < -0.4 is 14.8 Å². The maximum absolute atomic E-state index is 13.0. The Balaban J connectivity index is 1.35. The number of hydrogen-bond donors (Lipinski definition) is 1. The minimum atomic E-state index is -0.153. The highest BCUT2D eigenvalue weighted by molar-refractivity contribution is 5.96. The van der Waals surface area contributed by atoms with Gasteiger partial charge in [0.05, 0.1) is 12.3 Å². The third kappa shape index (κ3) is 5.57. The van der Waals surface area contributed by atoms with Crippen molar-refractivity contribution in [3.05, 3.63) is 83.9 Å². The first-order chi connectivity index (χ1) is 16.5. The second-order valence-corrected chi connectivity index (χ2v) is 8.37. The molecule has 34 heavy (non-hydrogen) atoms. The van der Waals surface area contributed by atoms with Crippen LogP contribution in [0.15, 0.2) is 72.8 Å². The monoisotopic (exact) mass is 458 g/mol. The zero-order valence-electron chi connectivity index (χ0n) is 19.6. The molecule has 4 rings (SSSR count). The Labute approximate surface area is 200 Å². The Kier molecular flexibility index (Phi) is 7.48. The van der Waals surface area contributed by atoms with E-state index in [9.17, 15) is 9.59 Å². The van der Waals surface area contributed by atoms with Gasteiger partial charge in [0.2, 0.25) is 5.91 Å². The second kappa shape index (κ2) is 10.9. The molecular weight excluding hydrogens is 428 g/mol. The predicted octanol–water partition coefficient (Wildman–Crippen LogP) is 5.68. The summed E-state index contributed by atoms with van der Waals surface area (Å²) in [7, 11) is 0. The van der Waals surface area contributed by atoms with Crippen LogP contribution in [0.2, 0.25) is 0 Å². The number of nitrogens with zero attached hydrogens (tertiary/aromatic N) is 1. The summed E-state index contributed by atoms with van der Waals surface area (Å²) >= 11 is 0. The lowest BCUT2D eigenvalue weighted by Gasteiger charge is -2.31. The number of para-hydroxylation sites is 2. The average Bonchev–Trinajstić information content (AvgIpc) is 2.86. The number of piperidine rings is 1. The second-order valence-electron chi connectivity index (χ2n) is 8.37. The first kappa shape index (κ1) is 23.4. The number of amides is 2. The molecular formula is C28H30N2O4. The molecule has 176 valence electrons. The maximum atomic E-state index is 13.0. The maximum Gasteiger partial charge on any atom is 0.254 e. The third-order valence-electron chi connectivity index (χ3n) is 6.04. The van der Waals surface area contributed by atoms with Crippen molar-refractivity contribution in [1.29, 1.82) is 0 Å². The molecule has 0 spiro atoms. The predicted molar refractivity (Wildman–Crippen MR) is 133 cm³/mol. The van der Waals surface area contributed by atoms with Gasteiger partial charge < -0.3 is 19.7 Å². The minimum absolute atomic E-state index is 0.0334. The number of carbonyl (C=O) groups is 2. The molecule has 0 radical (unpaired) electrons. The number of ether oxygens (including phenoxy) is 2. The van der Waals surface area contributed by atoms with E-state index in [-0.39, 0.29) is 17.7 Å². The first-order valence-corrected chi connectivity index (χ1v) is 11.7. The highest BCUT2D eigenvalue weighted by Crippen LogP contribution is 2.31. The van der Waals surface area contributed by atoms with Gasteiger partial charge in [0.25, 0.3) is 5.91 Å². The molecule has 2 amide bonds. The van der Waals surface area contributed by atoms with Crippen LogP contribution in [0.25, 0.3) is 0 Å². The molecule has 1 saturated heterocycles. The summed E-state index contributed by atoms with van der Waals surface area (Å²) in [4.78, 5) is 27.7. The Morgan fingerprint density at radius 3 is 2.26 bits per heavy atom. The summed E-state index contributed by atoms with van der Waals surface area (Å²) in [5.41, 5.74) is 2.32.